The molecule has 0 saturated heterocycles. The maximum atomic E-state index is 4.24. The molecule has 1 N–H and O–H groups in total. The number of aromatic nitrogens is 3. The van der Waals surface area contributed by atoms with Crippen LogP contribution in [0.2, 0.25) is 0 Å². The minimum atomic E-state index is 0.212. The zero-order valence-corrected chi connectivity index (χ0v) is 12.2. The van der Waals surface area contributed by atoms with E-state index in [0.717, 1.165) is 13.0 Å². The lowest BCUT2D eigenvalue weighted by atomic mass is 9.86. The van der Waals surface area contributed by atoms with E-state index >= 15 is 0 Å². The third kappa shape index (κ3) is 2.14. The third-order valence-corrected chi connectivity index (χ3v) is 4.36. The monoisotopic (exact) mass is 270 g/mol. The van der Waals surface area contributed by atoms with Gasteiger partial charge in [-0.2, -0.15) is 0 Å². The maximum Gasteiger partial charge on any atom is 0.0765 e. The summed E-state index contributed by atoms with van der Waals surface area (Å²) in [5.41, 5.74) is 2.84. The van der Waals surface area contributed by atoms with Crippen LogP contribution in [-0.4, -0.2) is 22.0 Å². The summed E-state index contributed by atoms with van der Waals surface area (Å²) in [6.07, 6.45) is 5.44. The normalized spacial score (nSPS) is 17.9. The third-order valence-electron chi connectivity index (χ3n) is 4.36. The molecule has 0 radical (unpaired) electrons. The van der Waals surface area contributed by atoms with Gasteiger partial charge in [0.1, 0.15) is 0 Å². The van der Waals surface area contributed by atoms with E-state index in [4.69, 9.17) is 0 Å². The van der Waals surface area contributed by atoms with Crippen LogP contribution in [0.5, 0.6) is 0 Å². The first-order chi connectivity index (χ1) is 9.81. The maximum absolute atomic E-state index is 4.24. The Hall–Kier alpha value is -1.68. The Morgan fingerprint density at radius 3 is 2.65 bits per heavy atom. The summed E-state index contributed by atoms with van der Waals surface area (Å²) in [5, 5.41) is 11.9. The second kappa shape index (κ2) is 5.37. The first-order valence-corrected chi connectivity index (χ1v) is 7.43. The van der Waals surface area contributed by atoms with Gasteiger partial charge in [0.15, 0.2) is 0 Å². The molecule has 1 fully saturated rings. The Kier molecular flexibility index (Phi) is 3.57. The second-order valence-corrected chi connectivity index (χ2v) is 5.63. The van der Waals surface area contributed by atoms with Gasteiger partial charge < -0.3 is 5.32 Å². The van der Waals surface area contributed by atoms with Gasteiger partial charge in [-0.25, -0.2) is 4.68 Å². The fourth-order valence-electron chi connectivity index (χ4n) is 3.23. The summed E-state index contributed by atoms with van der Waals surface area (Å²) in [6, 6.07) is 11.1. The summed E-state index contributed by atoms with van der Waals surface area (Å²) >= 11 is 0. The molecule has 1 aliphatic carbocycles. The molecule has 4 nitrogen and oxygen atoms in total. The predicted molar refractivity (Wildman–Crippen MR) is 79.5 cm³/mol. The molecule has 4 heteroatoms. The molecule has 0 spiro atoms. The Balaban J connectivity index is 1.96. The topological polar surface area (TPSA) is 42.7 Å². The van der Waals surface area contributed by atoms with Crippen LogP contribution < -0.4 is 5.32 Å². The average Bonchev–Trinajstić information content (AvgIpc) is 3.17. The van der Waals surface area contributed by atoms with Crippen molar-refractivity contribution in [2.45, 2.75) is 44.2 Å². The lowest BCUT2D eigenvalue weighted by Gasteiger charge is -2.27. The molecule has 1 atom stereocenters. The number of benzene rings is 1. The van der Waals surface area contributed by atoms with E-state index < -0.39 is 0 Å². The minimum absolute atomic E-state index is 0.212. The van der Waals surface area contributed by atoms with Crippen LogP contribution in [0.15, 0.2) is 36.5 Å². The van der Waals surface area contributed by atoms with Crippen LogP contribution in [0.25, 0.3) is 0 Å². The number of nitrogens with one attached hydrogen (secondary N) is 1. The number of rotatable bonds is 6. The Bertz CT molecular complexity index is 557. The summed E-state index contributed by atoms with van der Waals surface area (Å²) in [5.74, 6) is 0. The van der Waals surface area contributed by atoms with Crippen LogP contribution in [0.1, 0.15) is 43.5 Å². The molecular weight excluding hydrogens is 248 g/mol. The van der Waals surface area contributed by atoms with Crippen molar-refractivity contribution in [1.29, 1.82) is 0 Å². The number of likely N-dealkylation sites (N-methyl/N-ethyl adjacent to an activating group) is 1. The Labute approximate surface area is 120 Å². The van der Waals surface area contributed by atoms with E-state index in [1.165, 1.54) is 24.1 Å². The highest BCUT2D eigenvalue weighted by Crippen LogP contribution is 2.56. The van der Waals surface area contributed by atoms with E-state index in [1.807, 2.05) is 17.9 Å². The summed E-state index contributed by atoms with van der Waals surface area (Å²) < 4.78 is 2.05. The summed E-state index contributed by atoms with van der Waals surface area (Å²) in [4.78, 5) is 0. The molecule has 1 aromatic heterocycles. The molecule has 20 heavy (non-hydrogen) atoms. The summed E-state index contributed by atoms with van der Waals surface area (Å²) in [7, 11) is 2.04. The molecule has 0 bridgehead atoms. The van der Waals surface area contributed by atoms with Crippen molar-refractivity contribution in [3.63, 3.8) is 0 Å². The average molecular weight is 270 g/mol. The molecule has 0 aliphatic heterocycles. The van der Waals surface area contributed by atoms with Crippen LogP contribution in [0.3, 0.4) is 0 Å². The van der Waals surface area contributed by atoms with E-state index in [9.17, 15) is 0 Å². The first kappa shape index (κ1) is 13.3. The van der Waals surface area contributed by atoms with Gasteiger partial charge in [0.25, 0.3) is 0 Å². The highest BCUT2D eigenvalue weighted by molar-refractivity contribution is 5.36. The quantitative estimate of drug-likeness (QED) is 0.877. The van der Waals surface area contributed by atoms with Gasteiger partial charge in [0.05, 0.1) is 17.9 Å². The molecule has 1 unspecified atom stereocenters. The minimum Gasteiger partial charge on any atom is -0.311 e. The fourth-order valence-corrected chi connectivity index (χ4v) is 3.23. The highest BCUT2D eigenvalue weighted by Gasteiger charge is 2.51. The van der Waals surface area contributed by atoms with Crippen molar-refractivity contribution < 1.29 is 0 Å². The van der Waals surface area contributed by atoms with Gasteiger partial charge in [-0.05, 0) is 31.9 Å². The van der Waals surface area contributed by atoms with Crippen molar-refractivity contribution in [3.05, 3.63) is 47.8 Å². The van der Waals surface area contributed by atoms with Gasteiger partial charge in [0, 0.05) is 12.0 Å². The van der Waals surface area contributed by atoms with Crippen molar-refractivity contribution in [2.24, 2.45) is 0 Å². The predicted octanol–water partition coefficient (Wildman–Crippen LogP) is 2.68. The molecule has 0 amide bonds. The van der Waals surface area contributed by atoms with Crippen LogP contribution >= 0.6 is 0 Å². The Morgan fingerprint density at radius 2 is 2.05 bits per heavy atom. The van der Waals surface area contributed by atoms with E-state index in [2.05, 4.69) is 52.9 Å². The van der Waals surface area contributed by atoms with Gasteiger partial charge in [-0.15, -0.1) is 5.10 Å². The number of hydrogen-bond donors (Lipinski definition) is 1. The molecule has 1 heterocycles. The van der Waals surface area contributed by atoms with Crippen molar-refractivity contribution in [2.75, 3.05) is 7.05 Å². The second-order valence-electron chi connectivity index (χ2n) is 5.63. The lowest BCUT2D eigenvalue weighted by molar-refractivity contribution is 0.418. The van der Waals surface area contributed by atoms with Gasteiger partial charge in [-0.1, -0.05) is 42.5 Å². The van der Waals surface area contributed by atoms with E-state index in [0.29, 0.717) is 0 Å². The standard InChI is InChI=1S/C16H22N4/c1-3-11-20-14(12-18-19-20)15(17-2)16(9-10-16)13-7-5-4-6-8-13/h4-8,12,15,17H,3,9-11H2,1-2H3. The summed E-state index contributed by atoms with van der Waals surface area (Å²) in [6.45, 7) is 3.10. The number of hydrogen-bond acceptors (Lipinski definition) is 3. The molecule has 3 rings (SSSR count). The molecule has 1 aliphatic rings. The SMILES string of the molecule is CCCn1nncc1C(NC)C1(c2ccccc2)CC1. The molecule has 1 saturated carbocycles. The number of nitrogens with zero attached hydrogens (tertiary/aromatic N) is 3. The molecule has 106 valence electrons. The highest BCUT2D eigenvalue weighted by atomic mass is 15.4. The van der Waals surface area contributed by atoms with E-state index in [1.54, 1.807) is 0 Å². The van der Waals surface area contributed by atoms with Crippen LogP contribution in [0.4, 0.5) is 0 Å². The molecule has 1 aromatic carbocycles. The van der Waals surface area contributed by atoms with Gasteiger partial charge in [-0.3, -0.25) is 0 Å². The first-order valence-electron chi connectivity index (χ1n) is 7.43. The van der Waals surface area contributed by atoms with Crippen molar-refractivity contribution in [1.82, 2.24) is 20.3 Å². The van der Waals surface area contributed by atoms with Crippen molar-refractivity contribution in [3.8, 4) is 0 Å². The number of aryl methyl sites for hydroxylation is 1. The molecular formula is C16H22N4. The van der Waals surface area contributed by atoms with Gasteiger partial charge >= 0.3 is 0 Å². The van der Waals surface area contributed by atoms with Crippen LogP contribution in [0, 0.1) is 0 Å². The van der Waals surface area contributed by atoms with E-state index in [-0.39, 0.29) is 11.5 Å². The molecule has 2 aromatic rings. The Morgan fingerprint density at radius 1 is 1.30 bits per heavy atom. The lowest BCUT2D eigenvalue weighted by Crippen LogP contribution is -2.31. The van der Waals surface area contributed by atoms with Gasteiger partial charge in [0.2, 0.25) is 0 Å². The van der Waals surface area contributed by atoms with Crippen molar-refractivity contribution >= 4 is 0 Å². The zero-order valence-electron chi connectivity index (χ0n) is 12.2. The fraction of sp³-hybridized carbons (Fsp3) is 0.500. The zero-order chi connectivity index (χ0) is 14.0. The largest absolute Gasteiger partial charge is 0.311 e. The van der Waals surface area contributed by atoms with Crippen LogP contribution in [-0.2, 0) is 12.0 Å². The smallest absolute Gasteiger partial charge is 0.0765 e.